The van der Waals surface area contributed by atoms with Gasteiger partial charge >= 0.3 is 8.32 Å². The number of Topliss-reactive ketones (excluding diaryl/α,β-unsaturated/α-hetero) is 1. The molecule has 1 saturated carbocycles. The lowest BCUT2D eigenvalue weighted by atomic mass is 9.78. The highest BCUT2D eigenvalue weighted by Crippen LogP contribution is 2.49. The molecule has 1 aliphatic heterocycles. The van der Waals surface area contributed by atoms with E-state index in [1.807, 2.05) is 37.3 Å². The highest BCUT2D eigenvalue weighted by atomic mass is 28.4. The summed E-state index contributed by atoms with van der Waals surface area (Å²) in [6, 6.07) is 37.5. The van der Waals surface area contributed by atoms with Crippen LogP contribution >= 0.6 is 0 Å². The smallest absolute Gasteiger partial charge is 0.319 e. The van der Waals surface area contributed by atoms with Gasteiger partial charge in [-0.25, -0.2) is 0 Å². The lowest BCUT2D eigenvalue weighted by Gasteiger charge is -2.43. The summed E-state index contributed by atoms with van der Waals surface area (Å²) < 4.78 is 36.6. The maximum Gasteiger partial charge on any atom is 0.319 e. The maximum absolute atomic E-state index is 13.1. The average molecular weight is 707 g/mol. The Labute approximate surface area is 303 Å². The molecule has 2 fully saturated rings. The van der Waals surface area contributed by atoms with Crippen molar-refractivity contribution in [2.45, 2.75) is 63.9 Å². The maximum atomic E-state index is 13.1. The molecular weight excluding hydrogens is 657 g/mol. The summed E-state index contributed by atoms with van der Waals surface area (Å²) in [5.41, 5.74) is 2.31. The van der Waals surface area contributed by atoms with E-state index in [0.717, 1.165) is 28.9 Å². The van der Waals surface area contributed by atoms with Gasteiger partial charge in [-0.2, -0.15) is 0 Å². The minimum Gasteiger partial charge on any atom is -0.534 e. The molecule has 4 aromatic carbocycles. The standard InChI is InChI=1S/C43H50O7Si/c1-42(2,3)51(37-17-11-7-12-18-37,38-19-13-8-14-20-38)50-36-22-21-33(39(28-36)48-29-32-15-9-6-10-16-32)25-35(30-47-31-46-24-23-45-5)34-26-40(44)43(4)41(27-34)49-43/h6-22,25,28,34,41H,23-24,26-27,29-31H2,1-5H3/b35-25+/t34-,41+,43-/m0/s1. The van der Waals surface area contributed by atoms with Gasteiger partial charge in [0.2, 0.25) is 0 Å². The van der Waals surface area contributed by atoms with Crippen molar-refractivity contribution in [2.75, 3.05) is 33.7 Å². The number of hydrogen-bond donors (Lipinski definition) is 0. The normalized spacial score (nSPS) is 20.5. The Morgan fingerprint density at radius 2 is 1.53 bits per heavy atom. The van der Waals surface area contributed by atoms with Crippen LogP contribution in [0.25, 0.3) is 6.08 Å². The summed E-state index contributed by atoms with van der Waals surface area (Å²) in [7, 11) is -1.25. The van der Waals surface area contributed by atoms with E-state index in [9.17, 15) is 4.79 Å². The molecule has 0 spiro atoms. The van der Waals surface area contributed by atoms with Crippen LogP contribution in [0, 0.1) is 5.92 Å². The van der Waals surface area contributed by atoms with Gasteiger partial charge in [-0.3, -0.25) is 4.79 Å². The fraction of sp³-hybridized carbons (Fsp3) is 0.372. The second kappa shape index (κ2) is 16.1. The van der Waals surface area contributed by atoms with E-state index in [1.165, 1.54) is 10.4 Å². The molecule has 268 valence electrons. The summed E-state index contributed by atoms with van der Waals surface area (Å²) in [5, 5.41) is 2.19. The monoisotopic (exact) mass is 706 g/mol. The van der Waals surface area contributed by atoms with Gasteiger partial charge < -0.3 is 28.1 Å². The molecule has 0 unspecified atom stereocenters. The Kier molecular flexibility index (Phi) is 11.6. The van der Waals surface area contributed by atoms with Crippen molar-refractivity contribution in [1.29, 1.82) is 0 Å². The fourth-order valence-electron chi connectivity index (χ4n) is 7.11. The molecule has 0 amide bonds. The molecule has 0 aromatic heterocycles. The molecule has 7 nitrogen and oxygen atoms in total. The lowest BCUT2D eigenvalue weighted by Crippen LogP contribution is -2.68. The molecule has 8 heteroatoms. The van der Waals surface area contributed by atoms with E-state index >= 15 is 0 Å². The third-order valence-electron chi connectivity index (χ3n) is 10.1. The Bertz CT molecular complexity index is 1730. The second-order valence-electron chi connectivity index (χ2n) is 14.6. The Balaban J connectivity index is 1.39. The summed E-state index contributed by atoms with van der Waals surface area (Å²) in [6.45, 7) is 10.5. The molecule has 0 radical (unpaired) electrons. The van der Waals surface area contributed by atoms with Crippen molar-refractivity contribution in [3.63, 3.8) is 0 Å². The van der Waals surface area contributed by atoms with Gasteiger partial charge in [-0.15, -0.1) is 0 Å². The first-order chi connectivity index (χ1) is 24.6. The number of benzene rings is 4. The van der Waals surface area contributed by atoms with Crippen molar-refractivity contribution < 1.29 is 32.9 Å². The van der Waals surface area contributed by atoms with Crippen LogP contribution in [-0.4, -0.2) is 59.5 Å². The Hall–Kier alpha value is -4.05. The number of ketones is 1. The van der Waals surface area contributed by atoms with Crippen LogP contribution in [0.4, 0.5) is 0 Å². The predicted octanol–water partition coefficient (Wildman–Crippen LogP) is 7.36. The summed E-state index contributed by atoms with van der Waals surface area (Å²) in [5.74, 6) is 1.55. The van der Waals surface area contributed by atoms with Crippen LogP contribution in [-0.2, 0) is 30.3 Å². The molecule has 1 saturated heterocycles. The number of ether oxygens (including phenoxy) is 5. The number of hydrogen-bond acceptors (Lipinski definition) is 7. The van der Waals surface area contributed by atoms with E-state index in [2.05, 4.69) is 106 Å². The summed E-state index contributed by atoms with van der Waals surface area (Å²) in [4.78, 5) is 13.1. The SMILES string of the molecule is COCCOCOC/C(=C\c1ccc(O[Si](c2ccccc2)(c2ccccc2)C(C)(C)C)cc1OCc1ccccc1)[C@H]1CC(=O)[C@]2(C)O[C@@H]2C1. The van der Waals surface area contributed by atoms with Crippen LogP contribution in [0.1, 0.15) is 51.7 Å². The zero-order valence-corrected chi connectivity index (χ0v) is 31.4. The predicted molar refractivity (Wildman–Crippen MR) is 203 cm³/mol. The van der Waals surface area contributed by atoms with Gasteiger partial charge in [0.25, 0.3) is 0 Å². The topological polar surface area (TPSA) is 75.8 Å². The van der Waals surface area contributed by atoms with E-state index in [4.69, 9.17) is 28.1 Å². The van der Waals surface area contributed by atoms with Crippen molar-refractivity contribution in [3.8, 4) is 11.5 Å². The molecule has 2 aliphatic rings. The van der Waals surface area contributed by atoms with E-state index in [-0.39, 0.29) is 29.6 Å². The van der Waals surface area contributed by atoms with Crippen LogP contribution in [0.5, 0.6) is 11.5 Å². The number of carbonyl (C=O) groups excluding carboxylic acids is 1. The zero-order chi connectivity index (χ0) is 35.9. The lowest BCUT2D eigenvalue weighted by molar-refractivity contribution is -0.124. The minimum absolute atomic E-state index is 0.0212. The molecule has 0 N–H and O–H groups in total. The molecule has 3 atom stereocenters. The highest BCUT2D eigenvalue weighted by Gasteiger charge is 2.61. The molecular formula is C43H50O7Si. The highest BCUT2D eigenvalue weighted by molar-refractivity contribution is 7.00. The molecule has 0 bridgehead atoms. The summed E-state index contributed by atoms with van der Waals surface area (Å²) >= 11 is 0. The van der Waals surface area contributed by atoms with Gasteiger partial charge in [-0.05, 0) is 64.0 Å². The van der Waals surface area contributed by atoms with E-state index in [1.54, 1.807) is 7.11 Å². The average Bonchev–Trinajstić information content (AvgIpc) is 3.83. The first-order valence-corrected chi connectivity index (χ1v) is 19.7. The molecule has 1 heterocycles. The number of epoxide rings is 1. The number of fused-ring (bicyclic) bond motifs is 1. The number of carbonyl (C=O) groups is 1. The van der Waals surface area contributed by atoms with Crippen molar-refractivity contribution in [1.82, 2.24) is 0 Å². The van der Waals surface area contributed by atoms with Crippen LogP contribution in [0.2, 0.25) is 5.04 Å². The first-order valence-electron chi connectivity index (χ1n) is 17.8. The van der Waals surface area contributed by atoms with E-state index in [0.29, 0.717) is 38.6 Å². The third-order valence-corrected chi connectivity index (χ3v) is 15.0. The molecule has 51 heavy (non-hydrogen) atoms. The van der Waals surface area contributed by atoms with Crippen molar-refractivity contribution in [2.24, 2.45) is 5.92 Å². The van der Waals surface area contributed by atoms with E-state index < -0.39 is 13.9 Å². The third kappa shape index (κ3) is 8.37. The summed E-state index contributed by atoms with van der Waals surface area (Å²) in [6.07, 6.45) is 3.21. The molecule has 6 rings (SSSR count). The van der Waals surface area contributed by atoms with Gasteiger partial charge in [0.15, 0.2) is 5.78 Å². The number of rotatable bonds is 16. The fourth-order valence-corrected chi connectivity index (χ4v) is 11.5. The Morgan fingerprint density at radius 3 is 2.14 bits per heavy atom. The van der Waals surface area contributed by atoms with Crippen LogP contribution in [0.15, 0.2) is 115 Å². The van der Waals surface area contributed by atoms with Crippen molar-refractivity contribution in [3.05, 3.63) is 126 Å². The second-order valence-corrected chi connectivity index (χ2v) is 18.8. The Morgan fingerprint density at radius 1 is 0.882 bits per heavy atom. The largest absolute Gasteiger partial charge is 0.534 e. The van der Waals surface area contributed by atoms with Gasteiger partial charge in [0, 0.05) is 25.2 Å². The number of methoxy groups -OCH3 is 1. The van der Waals surface area contributed by atoms with Gasteiger partial charge in [-0.1, -0.05) is 112 Å². The van der Waals surface area contributed by atoms with Crippen molar-refractivity contribution >= 4 is 30.6 Å². The van der Waals surface area contributed by atoms with Crippen LogP contribution in [0.3, 0.4) is 0 Å². The zero-order valence-electron chi connectivity index (χ0n) is 30.4. The first kappa shape index (κ1) is 36.7. The van der Waals surface area contributed by atoms with Crippen LogP contribution < -0.4 is 19.5 Å². The van der Waals surface area contributed by atoms with Gasteiger partial charge in [0.05, 0.1) is 25.9 Å². The quantitative estimate of drug-likeness (QED) is 0.0522. The van der Waals surface area contributed by atoms with Gasteiger partial charge in [0.1, 0.15) is 30.5 Å². The minimum atomic E-state index is -2.89. The molecule has 1 aliphatic carbocycles. The molecule has 4 aromatic rings.